The second-order valence-corrected chi connectivity index (χ2v) is 4.78. The Morgan fingerprint density at radius 3 is 2.64 bits per heavy atom. The van der Waals surface area contributed by atoms with E-state index in [4.69, 9.17) is 5.73 Å². The molecule has 0 bridgehead atoms. The molecule has 1 heterocycles. The first-order chi connectivity index (χ1) is 6.69. The van der Waals surface area contributed by atoms with Crippen LogP contribution in [0.3, 0.4) is 0 Å². The second-order valence-electron chi connectivity index (χ2n) is 4.78. The summed E-state index contributed by atoms with van der Waals surface area (Å²) < 4.78 is 0. The molecule has 2 nitrogen and oxygen atoms in total. The lowest BCUT2D eigenvalue weighted by Gasteiger charge is -2.39. The van der Waals surface area contributed by atoms with Crippen molar-refractivity contribution in [2.75, 3.05) is 13.1 Å². The molecule has 0 amide bonds. The van der Waals surface area contributed by atoms with Gasteiger partial charge in [-0.15, -0.1) is 0 Å². The fourth-order valence-electron chi connectivity index (χ4n) is 2.44. The van der Waals surface area contributed by atoms with Crippen LogP contribution < -0.4 is 5.73 Å². The van der Waals surface area contributed by atoms with Crippen molar-refractivity contribution in [1.29, 1.82) is 0 Å². The third kappa shape index (κ3) is 2.96. The van der Waals surface area contributed by atoms with E-state index in [-0.39, 0.29) is 0 Å². The molecule has 3 atom stereocenters. The fourth-order valence-corrected chi connectivity index (χ4v) is 2.44. The molecular weight excluding hydrogens is 172 g/mol. The molecule has 0 aromatic carbocycles. The van der Waals surface area contributed by atoms with E-state index in [0.29, 0.717) is 12.0 Å². The Morgan fingerprint density at radius 2 is 2.14 bits per heavy atom. The van der Waals surface area contributed by atoms with E-state index in [2.05, 4.69) is 25.7 Å². The van der Waals surface area contributed by atoms with Gasteiger partial charge < -0.3 is 5.73 Å². The van der Waals surface area contributed by atoms with Crippen LogP contribution in [0.15, 0.2) is 0 Å². The van der Waals surface area contributed by atoms with Crippen LogP contribution in [0.2, 0.25) is 0 Å². The maximum Gasteiger partial charge on any atom is 0.0194 e. The van der Waals surface area contributed by atoms with Crippen LogP contribution in [-0.2, 0) is 0 Å². The van der Waals surface area contributed by atoms with Gasteiger partial charge in [0.05, 0.1) is 0 Å². The van der Waals surface area contributed by atoms with Gasteiger partial charge in [0, 0.05) is 18.6 Å². The normalized spacial score (nSPS) is 31.7. The van der Waals surface area contributed by atoms with Gasteiger partial charge in [0.2, 0.25) is 0 Å². The molecule has 0 radical (unpaired) electrons. The third-order valence-electron chi connectivity index (χ3n) is 3.66. The molecule has 0 aromatic rings. The lowest BCUT2D eigenvalue weighted by Crippen LogP contribution is -2.51. The number of hydrogen-bond donors (Lipinski definition) is 1. The van der Waals surface area contributed by atoms with Gasteiger partial charge in [0.25, 0.3) is 0 Å². The average Bonchev–Trinajstić information content (AvgIpc) is 2.19. The van der Waals surface area contributed by atoms with E-state index < -0.39 is 0 Å². The first kappa shape index (κ1) is 12.0. The van der Waals surface area contributed by atoms with Crippen molar-refractivity contribution < 1.29 is 0 Å². The predicted octanol–water partition coefficient (Wildman–Crippen LogP) is 2.23. The number of likely N-dealkylation sites (tertiary alicyclic amines) is 1. The predicted molar refractivity (Wildman–Crippen MR) is 62.3 cm³/mol. The van der Waals surface area contributed by atoms with E-state index in [9.17, 15) is 0 Å². The SMILES string of the molecule is CCCC(CC)N1CCC(C)C(N)C1. The van der Waals surface area contributed by atoms with Crippen molar-refractivity contribution >= 4 is 0 Å². The van der Waals surface area contributed by atoms with Crippen molar-refractivity contribution in [1.82, 2.24) is 4.90 Å². The highest BCUT2D eigenvalue weighted by Gasteiger charge is 2.26. The first-order valence-electron chi connectivity index (χ1n) is 6.18. The minimum atomic E-state index is 0.398. The molecule has 1 aliphatic heterocycles. The molecule has 1 fully saturated rings. The van der Waals surface area contributed by atoms with E-state index >= 15 is 0 Å². The molecule has 2 heteroatoms. The molecule has 2 N–H and O–H groups in total. The molecule has 84 valence electrons. The van der Waals surface area contributed by atoms with Crippen molar-refractivity contribution in [3.05, 3.63) is 0 Å². The Balaban J connectivity index is 2.43. The topological polar surface area (TPSA) is 29.3 Å². The summed E-state index contributed by atoms with van der Waals surface area (Å²) in [6.07, 6.45) is 5.17. The van der Waals surface area contributed by atoms with Crippen LogP contribution in [0, 0.1) is 5.92 Å². The summed E-state index contributed by atoms with van der Waals surface area (Å²) >= 11 is 0. The number of rotatable bonds is 4. The maximum atomic E-state index is 6.12. The van der Waals surface area contributed by atoms with Crippen LogP contribution in [0.5, 0.6) is 0 Å². The molecule has 1 aliphatic rings. The van der Waals surface area contributed by atoms with Crippen LogP contribution in [0.25, 0.3) is 0 Å². The second kappa shape index (κ2) is 5.72. The van der Waals surface area contributed by atoms with Gasteiger partial charge in [-0.2, -0.15) is 0 Å². The van der Waals surface area contributed by atoms with Crippen LogP contribution in [-0.4, -0.2) is 30.1 Å². The van der Waals surface area contributed by atoms with Crippen LogP contribution in [0.1, 0.15) is 46.5 Å². The number of nitrogens with two attached hydrogens (primary N) is 1. The first-order valence-corrected chi connectivity index (χ1v) is 6.18. The molecule has 0 saturated carbocycles. The number of piperidine rings is 1. The van der Waals surface area contributed by atoms with Crippen LogP contribution >= 0.6 is 0 Å². The summed E-state index contributed by atoms with van der Waals surface area (Å²) in [5, 5.41) is 0. The van der Waals surface area contributed by atoms with E-state index in [1.54, 1.807) is 0 Å². The monoisotopic (exact) mass is 198 g/mol. The number of nitrogens with zero attached hydrogens (tertiary/aromatic N) is 1. The van der Waals surface area contributed by atoms with Crippen molar-refractivity contribution in [2.45, 2.75) is 58.5 Å². The summed E-state index contributed by atoms with van der Waals surface area (Å²) in [4.78, 5) is 2.61. The molecule has 3 unspecified atom stereocenters. The smallest absolute Gasteiger partial charge is 0.0194 e. The van der Waals surface area contributed by atoms with Crippen LogP contribution in [0.4, 0.5) is 0 Å². The number of hydrogen-bond acceptors (Lipinski definition) is 2. The average molecular weight is 198 g/mol. The lowest BCUT2D eigenvalue weighted by molar-refractivity contribution is 0.111. The summed E-state index contributed by atoms with van der Waals surface area (Å²) in [7, 11) is 0. The van der Waals surface area contributed by atoms with Gasteiger partial charge in [0.15, 0.2) is 0 Å². The Labute approximate surface area is 88.8 Å². The van der Waals surface area contributed by atoms with Crippen molar-refractivity contribution in [3.8, 4) is 0 Å². The minimum absolute atomic E-state index is 0.398. The summed E-state index contributed by atoms with van der Waals surface area (Å²) in [6.45, 7) is 9.22. The Morgan fingerprint density at radius 1 is 1.43 bits per heavy atom. The van der Waals surface area contributed by atoms with Gasteiger partial charge in [0.1, 0.15) is 0 Å². The molecule has 1 rings (SSSR count). The Bertz CT molecular complexity index is 158. The zero-order valence-electron chi connectivity index (χ0n) is 10.00. The minimum Gasteiger partial charge on any atom is -0.326 e. The van der Waals surface area contributed by atoms with Gasteiger partial charge in [-0.1, -0.05) is 27.2 Å². The fraction of sp³-hybridized carbons (Fsp3) is 1.00. The highest BCUT2D eigenvalue weighted by atomic mass is 15.2. The molecule has 1 saturated heterocycles. The zero-order chi connectivity index (χ0) is 10.6. The van der Waals surface area contributed by atoms with Crippen molar-refractivity contribution in [3.63, 3.8) is 0 Å². The van der Waals surface area contributed by atoms with Crippen molar-refractivity contribution in [2.24, 2.45) is 11.7 Å². The molecule has 14 heavy (non-hydrogen) atoms. The molecule has 0 aromatic heterocycles. The Hall–Kier alpha value is -0.0800. The lowest BCUT2D eigenvalue weighted by atomic mass is 9.92. The highest BCUT2D eigenvalue weighted by Crippen LogP contribution is 2.20. The largest absolute Gasteiger partial charge is 0.326 e. The maximum absolute atomic E-state index is 6.12. The summed E-state index contributed by atoms with van der Waals surface area (Å²) in [5.74, 6) is 0.713. The summed E-state index contributed by atoms with van der Waals surface area (Å²) in [5.41, 5.74) is 6.12. The zero-order valence-corrected chi connectivity index (χ0v) is 10.00. The van der Waals surface area contributed by atoms with E-state index in [1.165, 1.54) is 32.2 Å². The highest BCUT2D eigenvalue weighted by molar-refractivity contribution is 4.83. The van der Waals surface area contributed by atoms with E-state index in [1.807, 2.05) is 0 Å². The van der Waals surface area contributed by atoms with E-state index in [0.717, 1.165) is 12.6 Å². The van der Waals surface area contributed by atoms with Gasteiger partial charge in [-0.25, -0.2) is 0 Å². The quantitative estimate of drug-likeness (QED) is 0.750. The standard InChI is InChI=1S/C12H26N2/c1-4-6-11(5-2)14-8-7-10(3)12(13)9-14/h10-12H,4-9,13H2,1-3H3. The third-order valence-corrected chi connectivity index (χ3v) is 3.66. The molecule has 0 spiro atoms. The molecular formula is C12H26N2. The Kier molecular flexibility index (Phi) is 4.90. The van der Waals surface area contributed by atoms with Gasteiger partial charge in [-0.05, 0) is 31.7 Å². The van der Waals surface area contributed by atoms with Gasteiger partial charge >= 0.3 is 0 Å². The summed E-state index contributed by atoms with van der Waals surface area (Å²) in [6, 6.07) is 1.17. The van der Waals surface area contributed by atoms with Gasteiger partial charge in [-0.3, -0.25) is 4.90 Å². The molecule has 0 aliphatic carbocycles.